The zero-order chi connectivity index (χ0) is 13.9. The average molecular weight is 270 g/mol. The van der Waals surface area contributed by atoms with Gasteiger partial charge in [0.05, 0.1) is 0 Å². The van der Waals surface area contributed by atoms with E-state index >= 15 is 0 Å². The molecule has 20 heavy (non-hydrogen) atoms. The van der Waals surface area contributed by atoms with Crippen molar-refractivity contribution in [2.45, 2.75) is 25.8 Å². The summed E-state index contributed by atoms with van der Waals surface area (Å²) in [5.41, 5.74) is 3.26. The van der Waals surface area contributed by atoms with Crippen LogP contribution in [0.3, 0.4) is 0 Å². The predicted molar refractivity (Wildman–Crippen MR) is 78.8 cm³/mol. The zero-order valence-electron chi connectivity index (χ0n) is 11.5. The summed E-state index contributed by atoms with van der Waals surface area (Å²) in [6.07, 6.45) is 5.72. The molecule has 3 rings (SSSR count). The van der Waals surface area contributed by atoms with Crippen molar-refractivity contribution in [3.05, 3.63) is 42.2 Å². The number of amides is 1. The van der Waals surface area contributed by atoms with Crippen LogP contribution in [0.5, 0.6) is 0 Å². The molecule has 0 aliphatic carbocycles. The molecule has 1 atom stereocenters. The molecule has 104 valence electrons. The molecule has 0 radical (unpaired) electrons. The molecule has 0 bridgehead atoms. The normalized spacial score (nSPS) is 15.1. The molecule has 1 aromatic carbocycles. The Labute approximate surface area is 118 Å². The number of hydrogen-bond donors (Lipinski definition) is 2. The van der Waals surface area contributed by atoms with Crippen molar-refractivity contribution < 1.29 is 4.79 Å². The van der Waals surface area contributed by atoms with Gasteiger partial charge in [-0.1, -0.05) is 6.07 Å². The number of carbonyl (C=O) groups is 1. The minimum absolute atomic E-state index is 0.0653. The van der Waals surface area contributed by atoms with Crippen LogP contribution in [0, 0.1) is 0 Å². The van der Waals surface area contributed by atoms with Crippen molar-refractivity contribution in [2.24, 2.45) is 0 Å². The van der Waals surface area contributed by atoms with Gasteiger partial charge < -0.3 is 10.6 Å². The van der Waals surface area contributed by atoms with Crippen LogP contribution in [0.15, 0.2) is 36.7 Å². The first-order valence-corrected chi connectivity index (χ1v) is 6.91. The van der Waals surface area contributed by atoms with Crippen LogP contribution in [0.25, 0.3) is 0 Å². The molecule has 1 aliphatic heterocycles. The molecular formula is C15H18N4O. The molecule has 2 heterocycles. The standard InChI is InChI=1S/C15H18N4O/c1-11(19-9-3-8-17-19)15(20)18-13-6-5-12-4-2-7-16-14(12)10-13/h3,5-6,8-11,16H,2,4,7H2,1H3,(H,18,20). The summed E-state index contributed by atoms with van der Waals surface area (Å²) >= 11 is 0. The summed E-state index contributed by atoms with van der Waals surface area (Å²) in [7, 11) is 0. The van der Waals surface area contributed by atoms with Crippen LogP contribution >= 0.6 is 0 Å². The first-order chi connectivity index (χ1) is 9.74. The quantitative estimate of drug-likeness (QED) is 0.900. The van der Waals surface area contributed by atoms with Crippen molar-refractivity contribution in [3.63, 3.8) is 0 Å². The lowest BCUT2D eigenvalue weighted by atomic mass is 10.0. The second-order valence-electron chi connectivity index (χ2n) is 5.05. The Morgan fingerprint density at radius 3 is 3.20 bits per heavy atom. The van der Waals surface area contributed by atoms with E-state index in [1.165, 1.54) is 5.56 Å². The summed E-state index contributed by atoms with van der Waals surface area (Å²) in [4.78, 5) is 12.2. The Balaban J connectivity index is 1.73. The molecule has 2 N–H and O–H groups in total. The van der Waals surface area contributed by atoms with Crippen LogP contribution in [0.4, 0.5) is 11.4 Å². The molecule has 1 unspecified atom stereocenters. The van der Waals surface area contributed by atoms with Crippen molar-refractivity contribution in [2.75, 3.05) is 17.2 Å². The Kier molecular flexibility index (Phi) is 3.41. The van der Waals surface area contributed by atoms with E-state index in [0.29, 0.717) is 0 Å². The highest BCUT2D eigenvalue weighted by Gasteiger charge is 2.16. The number of nitrogens with zero attached hydrogens (tertiary/aromatic N) is 2. The van der Waals surface area contributed by atoms with Crippen molar-refractivity contribution >= 4 is 17.3 Å². The van der Waals surface area contributed by atoms with Crippen LogP contribution in [-0.2, 0) is 11.2 Å². The van der Waals surface area contributed by atoms with E-state index in [2.05, 4.69) is 21.8 Å². The van der Waals surface area contributed by atoms with E-state index in [-0.39, 0.29) is 11.9 Å². The van der Waals surface area contributed by atoms with Gasteiger partial charge in [0, 0.05) is 30.3 Å². The molecule has 0 spiro atoms. The maximum atomic E-state index is 12.2. The Morgan fingerprint density at radius 2 is 2.40 bits per heavy atom. The second-order valence-corrected chi connectivity index (χ2v) is 5.05. The van der Waals surface area contributed by atoms with Crippen LogP contribution in [-0.4, -0.2) is 22.2 Å². The molecule has 0 fully saturated rings. The lowest BCUT2D eigenvalue weighted by molar-refractivity contribution is -0.119. The Bertz CT molecular complexity index is 606. The summed E-state index contributed by atoms with van der Waals surface area (Å²) in [5.74, 6) is -0.0653. The molecule has 5 nitrogen and oxygen atoms in total. The maximum absolute atomic E-state index is 12.2. The molecule has 0 saturated heterocycles. The molecule has 2 aromatic rings. The van der Waals surface area contributed by atoms with Gasteiger partial charge in [0.1, 0.15) is 6.04 Å². The SMILES string of the molecule is CC(C(=O)Nc1ccc2c(c1)NCCC2)n1cccn1. The molecule has 1 aromatic heterocycles. The highest BCUT2D eigenvalue weighted by Crippen LogP contribution is 2.25. The molecule has 5 heteroatoms. The summed E-state index contributed by atoms with van der Waals surface area (Å²) < 4.78 is 1.64. The maximum Gasteiger partial charge on any atom is 0.248 e. The smallest absolute Gasteiger partial charge is 0.248 e. The number of benzene rings is 1. The minimum atomic E-state index is -0.325. The highest BCUT2D eigenvalue weighted by atomic mass is 16.2. The van der Waals surface area contributed by atoms with Gasteiger partial charge in [-0.15, -0.1) is 0 Å². The van der Waals surface area contributed by atoms with Gasteiger partial charge in [-0.05, 0) is 43.5 Å². The van der Waals surface area contributed by atoms with Crippen molar-refractivity contribution in [3.8, 4) is 0 Å². The van der Waals surface area contributed by atoms with Crippen LogP contribution < -0.4 is 10.6 Å². The fraction of sp³-hybridized carbons (Fsp3) is 0.333. The number of aryl methyl sites for hydroxylation is 1. The number of nitrogens with one attached hydrogen (secondary N) is 2. The number of hydrogen-bond acceptors (Lipinski definition) is 3. The third-order valence-corrected chi connectivity index (χ3v) is 3.62. The molecule has 1 amide bonds. The van der Waals surface area contributed by atoms with E-state index in [4.69, 9.17) is 0 Å². The lowest BCUT2D eigenvalue weighted by Gasteiger charge is -2.19. The molecular weight excluding hydrogens is 252 g/mol. The third kappa shape index (κ3) is 2.52. The van der Waals surface area contributed by atoms with Gasteiger partial charge in [-0.3, -0.25) is 9.48 Å². The Hall–Kier alpha value is -2.30. The number of rotatable bonds is 3. The summed E-state index contributed by atoms with van der Waals surface area (Å²) in [5, 5.41) is 10.4. The number of fused-ring (bicyclic) bond motifs is 1. The van der Waals surface area contributed by atoms with E-state index < -0.39 is 0 Å². The monoisotopic (exact) mass is 270 g/mol. The van der Waals surface area contributed by atoms with Crippen molar-refractivity contribution in [1.82, 2.24) is 9.78 Å². The van der Waals surface area contributed by atoms with E-state index in [9.17, 15) is 4.79 Å². The summed E-state index contributed by atoms with van der Waals surface area (Å²) in [6, 6.07) is 7.53. The average Bonchev–Trinajstić information content (AvgIpc) is 3.00. The minimum Gasteiger partial charge on any atom is -0.385 e. The van der Waals surface area contributed by atoms with Crippen LogP contribution in [0.1, 0.15) is 24.9 Å². The van der Waals surface area contributed by atoms with Gasteiger partial charge >= 0.3 is 0 Å². The Morgan fingerprint density at radius 1 is 1.50 bits per heavy atom. The zero-order valence-corrected chi connectivity index (χ0v) is 11.5. The van der Waals surface area contributed by atoms with E-state index in [1.54, 1.807) is 17.1 Å². The number of aromatic nitrogens is 2. The first kappa shape index (κ1) is 12.7. The number of carbonyl (C=O) groups excluding carboxylic acids is 1. The first-order valence-electron chi connectivity index (χ1n) is 6.91. The molecule has 0 saturated carbocycles. The van der Waals surface area contributed by atoms with Gasteiger partial charge in [-0.2, -0.15) is 5.10 Å². The largest absolute Gasteiger partial charge is 0.385 e. The second kappa shape index (κ2) is 5.36. The highest BCUT2D eigenvalue weighted by molar-refractivity contribution is 5.94. The van der Waals surface area contributed by atoms with Gasteiger partial charge in [0.15, 0.2) is 0 Å². The van der Waals surface area contributed by atoms with Gasteiger partial charge in [0.25, 0.3) is 0 Å². The van der Waals surface area contributed by atoms with Gasteiger partial charge in [0.2, 0.25) is 5.91 Å². The fourth-order valence-corrected chi connectivity index (χ4v) is 2.42. The predicted octanol–water partition coefficient (Wildman–Crippen LogP) is 2.44. The topological polar surface area (TPSA) is 59.0 Å². The van der Waals surface area contributed by atoms with E-state index in [1.807, 2.05) is 25.1 Å². The van der Waals surface area contributed by atoms with E-state index in [0.717, 1.165) is 30.8 Å². The van der Waals surface area contributed by atoms with Crippen molar-refractivity contribution in [1.29, 1.82) is 0 Å². The lowest BCUT2D eigenvalue weighted by Crippen LogP contribution is -2.24. The number of anilines is 2. The third-order valence-electron chi connectivity index (χ3n) is 3.62. The van der Waals surface area contributed by atoms with Crippen LogP contribution in [0.2, 0.25) is 0 Å². The molecule has 1 aliphatic rings. The fourth-order valence-electron chi connectivity index (χ4n) is 2.42. The van der Waals surface area contributed by atoms with Gasteiger partial charge in [-0.25, -0.2) is 0 Å². The summed E-state index contributed by atoms with van der Waals surface area (Å²) in [6.45, 7) is 2.83.